The first-order valence-corrected chi connectivity index (χ1v) is 7.65. The van der Waals surface area contributed by atoms with Crippen LogP contribution in [0.4, 0.5) is 4.79 Å². The van der Waals surface area contributed by atoms with Gasteiger partial charge in [-0.1, -0.05) is 26.7 Å². The van der Waals surface area contributed by atoms with Crippen molar-refractivity contribution in [2.24, 2.45) is 11.8 Å². The first-order valence-electron chi connectivity index (χ1n) is 7.65. The van der Waals surface area contributed by atoms with Crippen LogP contribution in [-0.4, -0.2) is 29.6 Å². The van der Waals surface area contributed by atoms with E-state index in [9.17, 15) is 4.79 Å². The lowest BCUT2D eigenvalue weighted by molar-refractivity contribution is 0.131. The quantitative estimate of drug-likeness (QED) is 0.762. The Morgan fingerprint density at radius 1 is 1.11 bits per heavy atom. The van der Waals surface area contributed by atoms with Gasteiger partial charge in [0.2, 0.25) is 0 Å². The molecule has 1 heterocycles. The van der Waals surface area contributed by atoms with E-state index in [-0.39, 0.29) is 6.03 Å². The summed E-state index contributed by atoms with van der Waals surface area (Å²) in [5.41, 5.74) is 0. The average Bonchev–Trinajstić information content (AvgIpc) is 2.32. The number of nitrogens with one attached hydrogen (secondary N) is 1. The highest BCUT2D eigenvalue weighted by atomic mass is 16.2. The third kappa shape index (κ3) is 3.18. The van der Waals surface area contributed by atoms with Crippen molar-refractivity contribution in [2.45, 2.75) is 71.4 Å². The Bertz CT molecular complexity index is 292. The molecule has 0 radical (unpaired) electrons. The van der Waals surface area contributed by atoms with Gasteiger partial charge in [-0.15, -0.1) is 0 Å². The molecule has 0 spiro atoms. The SMILES string of the molecule is C[C@@H]1CCN(C(=O)N[C@@H]2CCCC[C@H]2C)[C@H](C)C1. The van der Waals surface area contributed by atoms with Crippen molar-refractivity contribution in [1.29, 1.82) is 0 Å². The minimum atomic E-state index is 0.174. The second-order valence-electron chi connectivity index (χ2n) is 6.49. The number of urea groups is 1. The molecule has 2 rings (SSSR count). The Kier molecular flexibility index (Phi) is 4.52. The van der Waals surface area contributed by atoms with Crippen LogP contribution >= 0.6 is 0 Å². The highest BCUT2D eigenvalue weighted by Crippen LogP contribution is 2.25. The lowest BCUT2D eigenvalue weighted by Gasteiger charge is -2.38. The van der Waals surface area contributed by atoms with Gasteiger partial charge in [-0.2, -0.15) is 0 Å². The predicted octanol–water partition coefficient (Wildman–Crippen LogP) is 3.40. The number of carbonyl (C=O) groups excluding carboxylic acids is 1. The van der Waals surface area contributed by atoms with Crippen LogP contribution in [0.25, 0.3) is 0 Å². The fraction of sp³-hybridized carbons (Fsp3) is 0.933. The molecule has 0 aromatic rings. The van der Waals surface area contributed by atoms with Crippen molar-refractivity contribution in [3.8, 4) is 0 Å². The monoisotopic (exact) mass is 252 g/mol. The molecule has 18 heavy (non-hydrogen) atoms. The van der Waals surface area contributed by atoms with E-state index in [2.05, 4.69) is 26.1 Å². The second kappa shape index (κ2) is 5.94. The summed E-state index contributed by atoms with van der Waals surface area (Å²) in [6, 6.07) is 0.971. The third-order valence-corrected chi connectivity index (χ3v) is 4.82. The molecule has 1 aliphatic carbocycles. The zero-order valence-electron chi connectivity index (χ0n) is 12.1. The smallest absolute Gasteiger partial charge is 0.317 e. The zero-order chi connectivity index (χ0) is 13.1. The lowest BCUT2D eigenvalue weighted by atomic mass is 9.86. The lowest BCUT2D eigenvalue weighted by Crippen LogP contribution is -2.53. The number of likely N-dealkylation sites (tertiary alicyclic amines) is 1. The van der Waals surface area contributed by atoms with E-state index in [0.717, 1.165) is 31.7 Å². The molecule has 4 atom stereocenters. The Labute approximate surface area is 111 Å². The van der Waals surface area contributed by atoms with Crippen LogP contribution in [0, 0.1) is 11.8 Å². The largest absolute Gasteiger partial charge is 0.335 e. The highest BCUT2D eigenvalue weighted by Gasteiger charge is 2.29. The van der Waals surface area contributed by atoms with E-state index in [1.807, 2.05) is 4.90 Å². The first-order chi connectivity index (χ1) is 8.58. The van der Waals surface area contributed by atoms with Gasteiger partial charge < -0.3 is 10.2 Å². The predicted molar refractivity (Wildman–Crippen MR) is 74.5 cm³/mol. The molecule has 3 nitrogen and oxygen atoms in total. The number of amides is 2. The average molecular weight is 252 g/mol. The van der Waals surface area contributed by atoms with Gasteiger partial charge in [0.05, 0.1) is 0 Å². The van der Waals surface area contributed by atoms with Crippen LogP contribution < -0.4 is 5.32 Å². The van der Waals surface area contributed by atoms with Gasteiger partial charge in [0.25, 0.3) is 0 Å². The van der Waals surface area contributed by atoms with E-state index in [4.69, 9.17) is 0 Å². The number of nitrogens with zero attached hydrogens (tertiary/aromatic N) is 1. The molecular formula is C15H28N2O. The van der Waals surface area contributed by atoms with Gasteiger partial charge in [0, 0.05) is 18.6 Å². The molecule has 2 amide bonds. The molecule has 1 saturated carbocycles. The number of rotatable bonds is 1. The van der Waals surface area contributed by atoms with Crippen LogP contribution in [0.5, 0.6) is 0 Å². The standard InChI is InChI=1S/C15H28N2O/c1-11-8-9-17(13(3)10-11)15(18)16-14-7-5-4-6-12(14)2/h11-14H,4-10H2,1-3H3,(H,16,18)/t11-,12-,13-,14-/m1/s1. The molecule has 0 bridgehead atoms. The fourth-order valence-corrected chi connectivity index (χ4v) is 3.48. The van der Waals surface area contributed by atoms with Gasteiger partial charge in [0.1, 0.15) is 0 Å². The maximum Gasteiger partial charge on any atom is 0.317 e. The molecule has 0 aromatic carbocycles. The van der Waals surface area contributed by atoms with Gasteiger partial charge in [-0.3, -0.25) is 0 Å². The van der Waals surface area contributed by atoms with Crippen LogP contribution in [0.1, 0.15) is 59.3 Å². The topological polar surface area (TPSA) is 32.3 Å². The van der Waals surface area contributed by atoms with E-state index >= 15 is 0 Å². The minimum Gasteiger partial charge on any atom is -0.335 e. The van der Waals surface area contributed by atoms with Crippen molar-refractivity contribution in [3.63, 3.8) is 0 Å². The summed E-state index contributed by atoms with van der Waals surface area (Å²) in [5, 5.41) is 3.27. The fourth-order valence-electron chi connectivity index (χ4n) is 3.48. The van der Waals surface area contributed by atoms with Gasteiger partial charge in [0.15, 0.2) is 0 Å². The van der Waals surface area contributed by atoms with Crippen LogP contribution in [-0.2, 0) is 0 Å². The number of hydrogen-bond acceptors (Lipinski definition) is 1. The summed E-state index contributed by atoms with van der Waals surface area (Å²) in [7, 11) is 0. The third-order valence-electron chi connectivity index (χ3n) is 4.82. The molecule has 2 aliphatic rings. The summed E-state index contributed by atoms with van der Waals surface area (Å²) >= 11 is 0. The van der Waals surface area contributed by atoms with Crippen molar-refractivity contribution in [2.75, 3.05) is 6.54 Å². The molecule has 1 aliphatic heterocycles. The Morgan fingerprint density at radius 3 is 2.50 bits per heavy atom. The van der Waals surface area contributed by atoms with Crippen molar-refractivity contribution in [3.05, 3.63) is 0 Å². The van der Waals surface area contributed by atoms with Crippen LogP contribution in [0.2, 0.25) is 0 Å². The van der Waals surface area contributed by atoms with E-state index in [1.54, 1.807) is 0 Å². The molecule has 0 unspecified atom stereocenters. The Hall–Kier alpha value is -0.730. The van der Waals surface area contributed by atoms with Crippen LogP contribution in [0.15, 0.2) is 0 Å². The second-order valence-corrected chi connectivity index (χ2v) is 6.49. The number of carbonyl (C=O) groups is 1. The summed E-state index contributed by atoms with van der Waals surface area (Å²) in [6.07, 6.45) is 7.31. The molecule has 104 valence electrons. The molecule has 1 N–H and O–H groups in total. The highest BCUT2D eigenvalue weighted by molar-refractivity contribution is 5.75. The summed E-state index contributed by atoms with van der Waals surface area (Å²) < 4.78 is 0. The van der Waals surface area contributed by atoms with Gasteiger partial charge >= 0.3 is 6.03 Å². The van der Waals surface area contributed by atoms with E-state index in [1.165, 1.54) is 19.3 Å². The maximum absolute atomic E-state index is 12.3. The maximum atomic E-state index is 12.3. The van der Waals surface area contributed by atoms with Crippen molar-refractivity contribution >= 4 is 6.03 Å². The van der Waals surface area contributed by atoms with Crippen molar-refractivity contribution < 1.29 is 4.79 Å². The van der Waals surface area contributed by atoms with E-state index < -0.39 is 0 Å². The summed E-state index contributed by atoms with van der Waals surface area (Å²) in [4.78, 5) is 14.4. The Morgan fingerprint density at radius 2 is 1.83 bits per heavy atom. The summed E-state index contributed by atoms with van der Waals surface area (Å²) in [5.74, 6) is 1.40. The van der Waals surface area contributed by atoms with Gasteiger partial charge in [-0.25, -0.2) is 4.79 Å². The summed E-state index contributed by atoms with van der Waals surface area (Å²) in [6.45, 7) is 7.66. The number of piperidine rings is 1. The van der Waals surface area contributed by atoms with Gasteiger partial charge in [-0.05, 0) is 44.4 Å². The number of hydrogen-bond donors (Lipinski definition) is 1. The molecule has 2 fully saturated rings. The molecular weight excluding hydrogens is 224 g/mol. The first kappa shape index (κ1) is 13.7. The Balaban J connectivity index is 1.87. The zero-order valence-corrected chi connectivity index (χ0v) is 12.1. The minimum absolute atomic E-state index is 0.174. The van der Waals surface area contributed by atoms with Crippen molar-refractivity contribution in [1.82, 2.24) is 10.2 Å². The van der Waals surface area contributed by atoms with Crippen LogP contribution in [0.3, 0.4) is 0 Å². The van der Waals surface area contributed by atoms with E-state index in [0.29, 0.717) is 18.0 Å². The molecule has 1 saturated heterocycles. The normalized spacial score (nSPS) is 37.4. The molecule has 3 heteroatoms. The molecule has 0 aromatic heterocycles.